The zero-order valence-corrected chi connectivity index (χ0v) is 18.9. The first-order valence-electron chi connectivity index (χ1n) is 16.9. The highest BCUT2D eigenvalue weighted by Crippen LogP contribution is 2.42. The minimum absolute atomic E-state index is 0.0111. The molecule has 170 valence electrons. The van der Waals surface area contributed by atoms with Crippen LogP contribution in [0.3, 0.4) is 0 Å². The van der Waals surface area contributed by atoms with Gasteiger partial charge in [-0.15, -0.1) is 0 Å². The van der Waals surface area contributed by atoms with Crippen molar-refractivity contribution in [2.24, 2.45) is 0 Å². The Bertz CT molecular complexity index is 2350. The molecular weight excluding hydrogens is 436 g/mol. The Kier molecular flexibility index (Phi) is 2.81. The number of hydrogen-bond donors (Lipinski definition) is 0. The Morgan fingerprint density at radius 2 is 1.25 bits per heavy atom. The van der Waals surface area contributed by atoms with Crippen molar-refractivity contribution >= 4 is 32.6 Å². The number of para-hydroxylation sites is 2. The van der Waals surface area contributed by atoms with Gasteiger partial charge in [0.1, 0.15) is 5.82 Å². The van der Waals surface area contributed by atoms with Crippen LogP contribution in [0, 0.1) is 6.85 Å². The molecule has 0 atom stereocenters. The normalized spacial score (nSPS) is 16.2. The van der Waals surface area contributed by atoms with Crippen molar-refractivity contribution < 1.29 is 15.1 Å². The molecule has 2 heteroatoms. The number of hydrogen-bond acceptors (Lipinski definition) is 1. The van der Waals surface area contributed by atoms with Gasteiger partial charge in [0.15, 0.2) is 0 Å². The van der Waals surface area contributed by atoms with E-state index in [-0.39, 0.29) is 32.8 Å². The number of aryl methyl sites for hydroxylation is 1. The Labute approximate surface area is 225 Å². The lowest BCUT2D eigenvalue weighted by Crippen LogP contribution is -2.01. The van der Waals surface area contributed by atoms with Gasteiger partial charge in [-0.05, 0) is 58.1 Å². The molecule has 0 aliphatic heterocycles. The second-order valence-electron chi connectivity index (χ2n) is 8.43. The van der Waals surface area contributed by atoms with Crippen LogP contribution in [0.25, 0.3) is 60.5 Å². The molecule has 0 saturated heterocycles. The van der Waals surface area contributed by atoms with E-state index in [1.54, 1.807) is 36.4 Å². The molecule has 7 aromatic rings. The molecule has 0 spiro atoms. The fourth-order valence-electron chi connectivity index (χ4n) is 4.85. The second-order valence-corrected chi connectivity index (χ2v) is 8.43. The second kappa shape index (κ2) is 8.21. The summed E-state index contributed by atoms with van der Waals surface area (Å²) < 4.78 is 97.7. The van der Waals surface area contributed by atoms with Gasteiger partial charge in [-0.25, -0.2) is 4.98 Å². The predicted octanol–water partition coefficient (Wildman–Crippen LogP) is 8.97. The van der Waals surface area contributed by atoms with Gasteiger partial charge in [-0.1, -0.05) is 109 Å². The first-order valence-corrected chi connectivity index (χ1v) is 11.4. The molecule has 36 heavy (non-hydrogen) atoms. The molecule has 6 aromatic carbocycles. The lowest BCUT2D eigenvalue weighted by molar-refractivity contribution is 1.02. The zero-order chi connectivity index (χ0) is 33.5. The van der Waals surface area contributed by atoms with Crippen LogP contribution in [0.1, 0.15) is 20.9 Å². The molecular formula is C34H24N2. The SMILES string of the molecule is [2H]c1c([2H])c([2H])c2c(-n3c(C([2H])([2H])[2H])nc4ccccc43)c3c([2H])c([2H])c([2H])c([2H])c3c(-c3cccc(-c4ccccc4)c3)c2c1[2H]. The van der Waals surface area contributed by atoms with Crippen LogP contribution >= 0.6 is 0 Å². The van der Waals surface area contributed by atoms with Gasteiger partial charge < -0.3 is 0 Å². The van der Waals surface area contributed by atoms with E-state index in [1.807, 2.05) is 42.5 Å². The van der Waals surface area contributed by atoms with Gasteiger partial charge in [0, 0.05) is 14.9 Å². The van der Waals surface area contributed by atoms with Gasteiger partial charge in [-0.3, -0.25) is 4.57 Å². The Morgan fingerprint density at radius 3 is 1.97 bits per heavy atom. The molecule has 7 rings (SSSR count). The predicted molar refractivity (Wildman–Crippen MR) is 152 cm³/mol. The number of benzene rings is 6. The highest BCUT2D eigenvalue weighted by Gasteiger charge is 2.19. The number of fused-ring (bicyclic) bond motifs is 3. The first kappa shape index (κ1) is 12.3. The van der Waals surface area contributed by atoms with Gasteiger partial charge in [0.2, 0.25) is 0 Å². The van der Waals surface area contributed by atoms with Crippen LogP contribution in [-0.4, -0.2) is 9.55 Å². The molecule has 0 N–H and O–H groups in total. The monoisotopic (exact) mass is 471 g/mol. The summed E-state index contributed by atoms with van der Waals surface area (Å²) in [5.41, 5.74) is 2.75. The van der Waals surface area contributed by atoms with Crippen LogP contribution in [0.2, 0.25) is 0 Å². The average molecular weight is 472 g/mol. The summed E-state index contributed by atoms with van der Waals surface area (Å²) in [6.45, 7) is -2.81. The van der Waals surface area contributed by atoms with Crippen molar-refractivity contribution in [1.29, 1.82) is 0 Å². The summed E-state index contributed by atoms with van der Waals surface area (Å²) >= 11 is 0. The summed E-state index contributed by atoms with van der Waals surface area (Å²) in [5, 5.41) is -0.212. The van der Waals surface area contributed by atoms with Crippen LogP contribution in [-0.2, 0) is 0 Å². The van der Waals surface area contributed by atoms with E-state index >= 15 is 0 Å². The minimum Gasteiger partial charge on any atom is -0.295 e. The molecule has 1 aromatic heterocycles. The third-order valence-corrected chi connectivity index (χ3v) is 6.39. The molecule has 0 unspecified atom stereocenters. The van der Waals surface area contributed by atoms with E-state index in [0.29, 0.717) is 16.6 Å². The van der Waals surface area contributed by atoms with Crippen LogP contribution < -0.4 is 0 Å². The lowest BCUT2D eigenvalue weighted by atomic mass is 9.89. The summed E-state index contributed by atoms with van der Waals surface area (Å²) in [6.07, 6.45) is 0. The first-order chi connectivity index (χ1) is 22.3. The Morgan fingerprint density at radius 1 is 0.639 bits per heavy atom. The smallest absolute Gasteiger partial charge is 0.111 e. The summed E-state index contributed by atoms with van der Waals surface area (Å²) in [4.78, 5) is 4.40. The molecule has 0 aliphatic carbocycles. The standard InChI is InChI=1S/C34H24N2/c1-23-35-31-20-9-10-21-32(31)36(23)34-29-18-7-5-16-27(29)33(28-17-6-8-19-30(28)34)26-15-11-14-25(22-26)24-12-3-2-4-13-24/h2-22H,1H3/i1D3,5D,6D,7D,8D,16D,17D,18D,19D. The fraction of sp³-hybridized carbons (Fsp3) is 0.0294. The van der Waals surface area contributed by atoms with E-state index in [2.05, 4.69) is 4.98 Å². The molecule has 0 aliphatic rings. The van der Waals surface area contributed by atoms with Crippen molar-refractivity contribution in [3.8, 4) is 27.9 Å². The van der Waals surface area contributed by atoms with Crippen molar-refractivity contribution in [3.05, 3.63) is 133 Å². The largest absolute Gasteiger partial charge is 0.295 e. The maximum Gasteiger partial charge on any atom is 0.111 e. The third kappa shape index (κ3) is 3.15. The number of rotatable bonds is 3. The quantitative estimate of drug-likeness (QED) is 0.235. The Hall–Kier alpha value is -4.69. The van der Waals surface area contributed by atoms with E-state index in [0.717, 1.165) is 11.1 Å². The van der Waals surface area contributed by atoms with Gasteiger partial charge in [-0.2, -0.15) is 0 Å². The van der Waals surface area contributed by atoms with Crippen molar-refractivity contribution in [2.45, 2.75) is 6.85 Å². The van der Waals surface area contributed by atoms with Crippen LogP contribution in [0.4, 0.5) is 0 Å². The molecule has 2 nitrogen and oxygen atoms in total. The molecule has 0 fully saturated rings. The van der Waals surface area contributed by atoms with E-state index in [9.17, 15) is 5.48 Å². The lowest BCUT2D eigenvalue weighted by Gasteiger charge is -2.19. The van der Waals surface area contributed by atoms with Crippen LogP contribution in [0.5, 0.6) is 0 Å². The molecule has 0 saturated carbocycles. The average Bonchev–Trinajstić information content (AvgIpc) is 3.47. The number of nitrogens with zero attached hydrogens (tertiary/aromatic N) is 2. The van der Waals surface area contributed by atoms with Gasteiger partial charge in [0.05, 0.1) is 27.7 Å². The molecule has 1 heterocycles. The van der Waals surface area contributed by atoms with E-state index in [1.165, 1.54) is 4.57 Å². The maximum atomic E-state index is 9.18. The number of aromatic nitrogens is 2. The molecule has 0 amide bonds. The van der Waals surface area contributed by atoms with Gasteiger partial charge in [0.25, 0.3) is 0 Å². The number of imidazole rings is 1. The summed E-state index contributed by atoms with van der Waals surface area (Å²) in [7, 11) is 0. The zero-order valence-electron chi connectivity index (χ0n) is 29.9. The van der Waals surface area contributed by atoms with Crippen molar-refractivity contribution in [2.75, 3.05) is 0 Å². The maximum absolute atomic E-state index is 9.18. The molecule has 0 bridgehead atoms. The van der Waals surface area contributed by atoms with E-state index < -0.39 is 61.0 Å². The highest BCUT2D eigenvalue weighted by molar-refractivity contribution is 6.18. The Balaban J connectivity index is 1.82. The fourth-order valence-corrected chi connectivity index (χ4v) is 4.85. The summed E-state index contributed by atoms with van der Waals surface area (Å²) in [6, 6.07) is 19.2. The van der Waals surface area contributed by atoms with Crippen molar-refractivity contribution in [1.82, 2.24) is 9.55 Å². The molecule has 0 radical (unpaired) electrons. The van der Waals surface area contributed by atoms with Gasteiger partial charge >= 0.3 is 0 Å². The van der Waals surface area contributed by atoms with E-state index in [4.69, 9.17) is 9.60 Å². The van der Waals surface area contributed by atoms with Crippen LogP contribution in [0.15, 0.2) is 127 Å². The summed E-state index contributed by atoms with van der Waals surface area (Å²) in [5.74, 6) is -0.417. The van der Waals surface area contributed by atoms with Crippen molar-refractivity contribution in [3.63, 3.8) is 0 Å². The minimum atomic E-state index is -2.81. The third-order valence-electron chi connectivity index (χ3n) is 6.39. The highest BCUT2D eigenvalue weighted by atomic mass is 15.1. The topological polar surface area (TPSA) is 17.8 Å².